The summed E-state index contributed by atoms with van der Waals surface area (Å²) in [7, 11) is 0. The van der Waals surface area contributed by atoms with Crippen molar-refractivity contribution in [1.82, 2.24) is 0 Å². The number of aliphatic hydroxyl groups excluding tert-OH is 1. The molecule has 3 N–H and O–H groups in total. The summed E-state index contributed by atoms with van der Waals surface area (Å²) in [5.41, 5.74) is 9.10. The molecule has 2 nitrogen and oxygen atoms in total. The van der Waals surface area contributed by atoms with Crippen molar-refractivity contribution in [3.05, 3.63) is 33.8 Å². The maximum atomic E-state index is 8.78. The van der Waals surface area contributed by atoms with Gasteiger partial charge in [0, 0.05) is 17.7 Å². The van der Waals surface area contributed by atoms with E-state index >= 15 is 0 Å². The monoisotopic (exact) mass is 213 g/mol. The van der Waals surface area contributed by atoms with Gasteiger partial charge in [-0.2, -0.15) is 0 Å². The van der Waals surface area contributed by atoms with Gasteiger partial charge in [0.25, 0.3) is 0 Å². The maximum Gasteiger partial charge on any atom is 0.0449 e. The molecule has 0 saturated heterocycles. The Morgan fingerprint density at radius 1 is 1.43 bits per heavy atom. The highest BCUT2D eigenvalue weighted by molar-refractivity contribution is 6.31. The van der Waals surface area contributed by atoms with Gasteiger partial charge in [-0.1, -0.05) is 17.7 Å². The number of benzene rings is 1. The normalized spacial score (nSPS) is 12.9. The minimum atomic E-state index is -0.128. The highest BCUT2D eigenvalue weighted by atomic mass is 35.5. The van der Waals surface area contributed by atoms with Gasteiger partial charge in [-0.3, -0.25) is 0 Å². The van der Waals surface area contributed by atoms with E-state index in [4.69, 9.17) is 22.4 Å². The van der Waals surface area contributed by atoms with Crippen molar-refractivity contribution in [2.75, 3.05) is 6.61 Å². The Kier molecular flexibility index (Phi) is 3.93. The molecule has 1 aromatic carbocycles. The molecule has 0 saturated carbocycles. The lowest BCUT2D eigenvalue weighted by Gasteiger charge is -2.13. The first-order chi connectivity index (χ1) is 6.56. The number of aliphatic hydroxyl groups is 1. The number of hydrogen-bond acceptors (Lipinski definition) is 2. The van der Waals surface area contributed by atoms with Crippen molar-refractivity contribution in [3.8, 4) is 0 Å². The average Bonchev–Trinajstić information content (AvgIpc) is 2.13. The molecule has 0 fully saturated rings. The Balaban J connectivity index is 3.00. The van der Waals surface area contributed by atoms with Crippen LogP contribution in [0.3, 0.4) is 0 Å². The zero-order valence-electron chi connectivity index (χ0n) is 8.55. The standard InChI is InChI=1S/C11H16ClNO/c1-7-5-9(11(13)3-4-14)6-10(12)8(7)2/h5-6,11,14H,3-4,13H2,1-2H3. The van der Waals surface area contributed by atoms with Gasteiger partial charge in [0.15, 0.2) is 0 Å². The fourth-order valence-electron chi connectivity index (χ4n) is 1.36. The molecule has 3 heteroatoms. The highest BCUT2D eigenvalue weighted by Gasteiger charge is 2.08. The first-order valence-corrected chi connectivity index (χ1v) is 5.07. The Bertz CT molecular complexity index is 302. The van der Waals surface area contributed by atoms with Gasteiger partial charge >= 0.3 is 0 Å². The van der Waals surface area contributed by atoms with E-state index in [1.54, 1.807) is 0 Å². The van der Waals surface area contributed by atoms with Crippen LogP contribution in [0.15, 0.2) is 12.1 Å². The Labute approximate surface area is 89.7 Å². The maximum absolute atomic E-state index is 8.78. The smallest absolute Gasteiger partial charge is 0.0449 e. The van der Waals surface area contributed by atoms with Crippen LogP contribution in [0.5, 0.6) is 0 Å². The van der Waals surface area contributed by atoms with Gasteiger partial charge < -0.3 is 10.8 Å². The predicted octanol–water partition coefficient (Wildman–Crippen LogP) is 2.34. The van der Waals surface area contributed by atoms with E-state index in [-0.39, 0.29) is 12.6 Å². The largest absolute Gasteiger partial charge is 0.396 e. The van der Waals surface area contributed by atoms with Gasteiger partial charge in [-0.05, 0) is 43.0 Å². The molecule has 1 aromatic rings. The third-order valence-corrected chi connectivity index (χ3v) is 2.89. The van der Waals surface area contributed by atoms with E-state index in [1.807, 2.05) is 26.0 Å². The van der Waals surface area contributed by atoms with Crippen LogP contribution in [0, 0.1) is 13.8 Å². The van der Waals surface area contributed by atoms with Crippen molar-refractivity contribution in [1.29, 1.82) is 0 Å². The Hall–Kier alpha value is -0.570. The highest BCUT2D eigenvalue weighted by Crippen LogP contribution is 2.24. The van der Waals surface area contributed by atoms with Crippen LogP contribution < -0.4 is 5.73 Å². The lowest BCUT2D eigenvalue weighted by atomic mass is 10.00. The molecule has 0 aliphatic carbocycles. The van der Waals surface area contributed by atoms with Crippen LogP contribution in [-0.4, -0.2) is 11.7 Å². The lowest BCUT2D eigenvalue weighted by Crippen LogP contribution is -2.12. The molecule has 0 radical (unpaired) electrons. The fourth-order valence-corrected chi connectivity index (χ4v) is 1.64. The fraction of sp³-hybridized carbons (Fsp3) is 0.455. The average molecular weight is 214 g/mol. The summed E-state index contributed by atoms with van der Waals surface area (Å²) in [4.78, 5) is 0. The van der Waals surface area contributed by atoms with E-state index in [0.29, 0.717) is 6.42 Å². The van der Waals surface area contributed by atoms with E-state index in [1.165, 1.54) is 0 Å². The van der Waals surface area contributed by atoms with E-state index in [9.17, 15) is 0 Å². The van der Waals surface area contributed by atoms with E-state index < -0.39 is 0 Å². The molecule has 0 amide bonds. The van der Waals surface area contributed by atoms with Gasteiger partial charge in [-0.15, -0.1) is 0 Å². The molecule has 0 aliphatic heterocycles. The lowest BCUT2D eigenvalue weighted by molar-refractivity contribution is 0.276. The summed E-state index contributed by atoms with van der Waals surface area (Å²) < 4.78 is 0. The zero-order chi connectivity index (χ0) is 10.7. The molecule has 14 heavy (non-hydrogen) atoms. The Morgan fingerprint density at radius 3 is 2.57 bits per heavy atom. The third kappa shape index (κ3) is 2.47. The van der Waals surface area contributed by atoms with E-state index in [2.05, 4.69) is 0 Å². The van der Waals surface area contributed by atoms with Crippen LogP contribution in [0.1, 0.15) is 29.2 Å². The number of rotatable bonds is 3. The van der Waals surface area contributed by atoms with Crippen molar-refractivity contribution in [2.45, 2.75) is 26.3 Å². The molecule has 0 bridgehead atoms. The molecule has 0 aromatic heterocycles. The van der Waals surface area contributed by atoms with Crippen molar-refractivity contribution < 1.29 is 5.11 Å². The van der Waals surface area contributed by atoms with Crippen LogP contribution in [0.4, 0.5) is 0 Å². The van der Waals surface area contributed by atoms with E-state index in [0.717, 1.165) is 21.7 Å². The van der Waals surface area contributed by atoms with Crippen LogP contribution >= 0.6 is 11.6 Å². The summed E-state index contributed by atoms with van der Waals surface area (Å²) in [6, 6.07) is 3.78. The summed E-state index contributed by atoms with van der Waals surface area (Å²) in [5, 5.41) is 9.52. The van der Waals surface area contributed by atoms with Crippen molar-refractivity contribution >= 4 is 11.6 Å². The molecule has 0 spiro atoms. The summed E-state index contributed by atoms with van der Waals surface area (Å²) >= 11 is 6.05. The van der Waals surface area contributed by atoms with Gasteiger partial charge in [0.1, 0.15) is 0 Å². The Morgan fingerprint density at radius 2 is 2.07 bits per heavy atom. The minimum Gasteiger partial charge on any atom is -0.396 e. The molecule has 1 rings (SSSR count). The molecule has 1 atom stereocenters. The molecule has 1 unspecified atom stereocenters. The zero-order valence-corrected chi connectivity index (χ0v) is 9.30. The van der Waals surface area contributed by atoms with Crippen LogP contribution in [-0.2, 0) is 0 Å². The predicted molar refractivity (Wildman–Crippen MR) is 59.6 cm³/mol. The summed E-state index contributed by atoms with van der Waals surface area (Å²) in [5.74, 6) is 0. The summed E-state index contributed by atoms with van der Waals surface area (Å²) in [6.07, 6.45) is 0.568. The second kappa shape index (κ2) is 4.78. The second-order valence-electron chi connectivity index (χ2n) is 3.56. The van der Waals surface area contributed by atoms with Crippen molar-refractivity contribution in [3.63, 3.8) is 0 Å². The topological polar surface area (TPSA) is 46.2 Å². The quantitative estimate of drug-likeness (QED) is 0.810. The number of hydrogen-bond donors (Lipinski definition) is 2. The van der Waals surface area contributed by atoms with Crippen LogP contribution in [0.2, 0.25) is 5.02 Å². The first-order valence-electron chi connectivity index (χ1n) is 4.69. The molecule has 0 aliphatic rings. The van der Waals surface area contributed by atoms with Crippen molar-refractivity contribution in [2.24, 2.45) is 5.73 Å². The number of aryl methyl sites for hydroxylation is 1. The molecular weight excluding hydrogens is 198 g/mol. The minimum absolute atomic E-state index is 0.103. The first kappa shape index (κ1) is 11.5. The van der Waals surface area contributed by atoms with Gasteiger partial charge in [0.2, 0.25) is 0 Å². The molecular formula is C11H16ClNO. The second-order valence-corrected chi connectivity index (χ2v) is 3.97. The molecule has 78 valence electrons. The SMILES string of the molecule is Cc1cc(C(N)CCO)cc(Cl)c1C. The summed E-state index contributed by atoms with van der Waals surface area (Å²) in [6.45, 7) is 4.10. The number of halogens is 1. The van der Waals surface area contributed by atoms with Crippen LogP contribution in [0.25, 0.3) is 0 Å². The van der Waals surface area contributed by atoms with Gasteiger partial charge in [-0.25, -0.2) is 0 Å². The molecule has 0 heterocycles. The van der Waals surface area contributed by atoms with Gasteiger partial charge in [0.05, 0.1) is 0 Å². The third-order valence-electron chi connectivity index (χ3n) is 2.49. The number of nitrogens with two attached hydrogens (primary N) is 1.